The van der Waals surface area contributed by atoms with Crippen LogP contribution >= 0.6 is 0 Å². The number of nitrogens with zero attached hydrogens (tertiary/aromatic N) is 2. The topological polar surface area (TPSA) is 90.3 Å². The van der Waals surface area contributed by atoms with E-state index in [1.165, 1.54) is 37.6 Å². The van der Waals surface area contributed by atoms with Gasteiger partial charge in [-0.2, -0.15) is 5.10 Å². The predicted molar refractivity (Wildman–Crippen MR) is 122 cm³/mol. The Morgan fingerprint density at radius 3 is 2.19 bits per heavy atom. The summed E-state index contributed by atoms with van der Waals surface area (Å²) in [5.41, 5.74) is 2.72. The molecule has 8 heteroatoms. The van der Waals surface area contributed by atoms with Gasteiger partial charge in [-0.1, -0.05) is 60.7 Å². The molecule has 0 saturated carbocycles. The van der Waals surface area contributed by atoms with Crippen molar-refractivity contribution >= 4 is 21.7 Å². The number of carbonyl (C=O) groups excluding carboxylic acids is 1. The predicted octanol–water partition coefficient (Wildman–Crippen LogP) is 4.19. The van der Waals surface area contributed by atoms with Crippen LogP contribution in [0.3, 0.4) is 0 Å². The number of carbonyl (C=O) groups is 1. The minimum Gasteiger partial charge on any atom is -0.465 e. The number of aromatic nitrogens is 2. The van der Waals surface area contributed by atoms with Crippen molar-refractivity contribution in [3.8, 4) is 11.3 Å². The Morgan fingerprint density at radius 2 is 1.56 bits per heavy atom. The highest BCUT2D eigenvalue weighted by Crippen LogP contribution is 2.28. The molecule has 0 bridgehead atoms. The zero-order valence-electron chi connectivity index (χ0n) is 17.3. The van der Waals surface area contributed by atoms with Crippen molar-refractivity contribution in [1.29, 1.82) is 0 Å². The Kier molecular flexibility index (Phi) is 6.04. The second-order valence-electron chi connectivity index (χ2n) is 7.07. The van der Waals surface area contributed by atoms with Gasteiger partial charge in [-0.3, -0.25) is 9.40 Å². The molecular formula is C24H21N3O4S. The number of hydrogen-bond acceptors (Lipinski definition) is 5. The zero-order chi connectivity index (χ0) is 22.6. The minimum atomic E-state index is -3.95. The number of nitrogens with one attached hydrogen (secondary N) is 1. The molecule has 0 amide bonds. The Labute approximate surface area is 186 Å². The van der Waals surface area contributed by atoms with Gasteiger partial charge in [0.1, 0.15) is 10.6 Å². The third-order valence-electron chi connectivity index (χ3n) is 4.81. The van der Waals surface area contributed by atoms with E-state index in [0.29, 0.717) is 29.1 Å². The number of benzene rings is 3. The highest BCUT2D eigenvalue weighted by atomic mass is 32.2. The van der Waals surface area contributed by atoms with Crippen LogP contribution in [0, 0.1) is 0 Å². The van der Waals surface area contributed by atoms with Crippen LogP contribution in [0.15, 0.2) is 96.0 Å². The standard InChI is InChI=1S/C24H21N3O4S/c1-31-24(28)20-12-14-21(15-13-20)26-32(29,30)22-17-27(16-18-8-4-2-5-9-18)25-23(22)19-10-6-3-7-11-19/h2-15,17,26H,16H2,1H3. The molecule has 1 heterocycles. The van der Waals surface area contributed by atoms with Crippen LogP contribution in [0.1, 0.15) is 15.9 Å². The van der Waals surface area contributed by atoms with Crippen LogP contribution < -0.4 is 4.72 Å². The number of rotatable bonds is 7. The van der Waals surface area contributed by atoms with Crippen LogP contribution in [0.5, 0.6) is 0 Å². The first-order valence-corrected chi connectivity index (χ1v) is 11.3. The fraction of sp³-hybridized carbons (Fsp3) is 0.0833. The van der Waals surface area contributed by atoms with Gasteiger partial charge in [0.15, 0.2) is 0 Å². The van der Waals surface area contributed by atoms with Crippen molar-refractivity contribution in [2.24, 2.45) is 0 Å². The van der Waals surface area contributed by atoms with Gasteiger partial charge in [0, 0.05) is 17.4 Å². The van der Waals surface area contributed by atoms with Crippen LogP contribution in [0.2, 0.25) is 0 Å². The first-order chi connectivity index (χ1) is 15.5. The number of esters is 1. The van der Waals surface area contributed by atoms with E-state index < -0.39 is 16.0 Å². The van der Waals surface area contributed by atoms with Crippen LogP contribution in [-0.2, 0) is 21.3 Å². The molecule has 0 unspecified atom stereocenters. The number of methoxy groups -OCH3 is 1. The molecule has 1 N–H and O–H groups in total. The summed E-state index contributed by atoms with van der Waals surface area (Å²) in [6.45, 7) is 0.435. The fourth-order valence-corrected chi connectivity index (χ4v) is 4.48. The van der Waals surface area contributed by atoms with Crippen molar-refractivity contribution in [1.82, 2.24) is 9.78 Å². The third-order valence-corrected chi connectivity index (χ3v) is 6.19. The van der Waals surface area contributed by atoms with Gasteiger partial charge in [-0.15, -0.1) is 0 Å². The lowest BCUT2D eigenvalue weighted by atomic mass is 10.2. The van der Waals surface area contributed by atoms with Crippen LogP contribution in [0.4, 0.5) is 5.69 Å². The summed E-state index contributed by atoms with van der Waals surface area (Å²) >= 11 is 0. The molecule has 0 fully saturated rings. The molecule has 0 radical (unpaired) electrons. The maximum atomic E-state index is 13.3. The molecule has 1 aromatic heterocycles. The molecule has 32 heavy (non-hydrogen) atoms. The molecule has 7 nitrogen and oxygen atoms in total. The summed E-state index contributed by atoms with van der Waals surface area (Å²) in [5.74, 6) is -0.493. The zero-order valence-corrected chi connectivity index (χ0v) is 18.1. The van der Waals surface area contributed by atoms with E-state index in [9.17, 15) is 13.2 Å². The second kappa shape index (κ2) is 9.07. The van der Waals surface area contributed by atoms with E-state index in [1.807, 2.05) is 60.7 Å². The van der Waals surface area contributed by atoms with E-state index >= 15 is 0 Å². The molecule has 162 valence electrons. The first kappa shape index (κ1) is 21.3. The van der Waals surface area contributed by atoms with Crippen LogP contribution in [0.25, 0.3) is 11.3 Å². The molecule has 0 aliphatic heterocycles. The van der Waals surface area contributed by atoms with Gasteiger partial charge in [-0.25, -0.2) is 13.2 Å². The monoisotopic (exact) mass is 447 g/mol. The fourth-order valence-electron chi connectivity index (χ4n) is 3.25. The molecule has 3 aromatic carbocycles. The van der Waals surface area contributed by atoms with Crippen molar-refractivity contribution in [3.63, 3.8) is 0 Å². The molecule has 0 aliphatic carbocycles. The molecule has 0 aliphatic rings. The van der Waals surface area contributed by atoms with Crippen molar-refractivity contribution in [2.45, 2.75) is 11.4 Å². The Hall–Kier alpha value is -3.91. The Balaban J connectivity index is 1.69. The normalized spacial score (nSPS) is 11.2. The summed E-state index contributed by atoms with van der Waals surface area (Å²) in [5, 5.41) is 4.57. The highest BCUT2D eigenvalue weighted by Gasteiger charge is 2.24. The van der Waals surface area contributed by atoms with Gasteiger partial charge in [-0.05, 0) is 29.8 Å². The highest BCUT2D eigenvalue weighted by molar-refractivity contribution is 7.92. The largest absolute Gasteiger partial charge is 0.465 e. The Bertz CT molecular complexity index is 1320. The van der Waals surface area contributed by atoms with Gasteiger partial charge >= 0.3 is 5.97 Å². The van der Waals surface area contributed by atoms with Crippen molar-refractivity contribution in [2.75, 3.05) is 11.8 Å². The lowest BCUT2D eigenvalue weighted by Gasteiger charge is -2.09. The lowest BCUT2D eigenvalue weighted by molar-refractivity contribution is 0.0600. The van der Waals surface area contributed by atoms with Gasteiger partial charge in [0.05, 0.1) is 19.2 Å². The summed E-state index contributed by atoms with van der Waals surface area (Å²) < 4.78 is 35.4. The molecule has 0 saturated heterocycles. The van der Waals surface area contributed by atoms with Crippen LogP contribution in [-0.4, -0.2) is 31.3 Å². The van der Waals surface area contributed by atoms with Gasteiger partial charge in [0.2, 0.25) is 0 Å². The maximum Gasteiger partial charge on any atom is 0.337 e. The van der Waals surface area contributed by atoms with E-state index in [0.717, 1.165) is 5.56 Å². The van der Waals surface area contributed by atoms with Gasteiger partial charge in [0.25, 0.3) is 10.0 Å². The van der Waals surface area contributed by atoms with E-state index in [4.69, 9.17) is 0 Å². The van der Waals surface area contributed by atoms with Gasteiger partial charge < -0.3 is 4.74 Å². The second-order valence-corrected chi connectivity index (χ2v) is 8.72. The number of anilines is 1. The molecular weight excluding hydrogens is 426 g/mol. The van der Waals surface area contributed by atoms with E-state index in [1.54, 1.807) is 4.68 Å². The minimum absolute atomic E-state index is 0.0664. The van der Waals surface area contributed by atoms with E-state index in [2.05, 4.69) is 14.6 Å². The first-order valence-electron chi connectivity index (χ1n) is 9.84. The lowest BCUT2D eigenvalue weighted by Crippen LogP contribution is -2.13. The molecule has 0 spiro atoms. The molecule has 4 rings (SSSR count). The SMILES string of the molecule is COC(=O)c1ccc(NS(=O)(=O)c2cn(Cc3ccccc3)nc2-c2ccccc2)cc1. The summed E-state index contributed by atoms with van der Waals surface area (Å²) in [6, 6.07) is 24.9. The molecule has 0 atom stereocenters. The smallest absolute Gasteiger partial charge is 0.337 e. The van der Waals surface area contributed by atoms with Crippen molar-refractivity contribution in [3.05, 3.63) is 102 Å². The average molecular weight is 448 g/mol. The number of sulfonamides is 1. The quantitative estimate of drug-likeness (QED) is 0.429. The summed E-state index contributed by atoms with van der Waals surface area (Å²) in [4.78, 5) is 11.7. The number of ether oxygens (including phenoxy) is 1. The molecule has 4 aromatic rings. The van der Waals surface area contributed by atoms with Crippen molar-refractivity contribution < 1.29 is 17.9 Å². The van der Waals surface area contributed by atoms with E-state index in [-0.39, 0.29) is 4.90 Å². The third kappa shape index (κ3) is 4.70. The number of hydrogen-bond donors (Lipinski definition) is 1. The maximum absolute atomic E-state index is 13.3. The average Bonchev–Trinajstić information content (AvgIpc) is 3.25. The summed E-state index contributed by atoms with van der Waals surface area (Å²) in [6.07, 6.45) is 1.53. The Morgan fingerprint density at radius 1 is 0.938 bits per heavy atom. The summed E-state index contributed by atoms with van der Waals surface area (Å²) in [7, 11) is -2.66.